The molecule has 0 aliphatic heterocycles. The van der Waals surface area contributed by atoms with Crippen LogP contribution in [-0.4, -0.2) is 0 Å². The van der Waals surface area contributed by atoms with E-state index in [9.17, 15) is 0 Å². The Balaban J connectivity index is 1.94. The van der Waals surface area contributed by atoms with E-state index in [2.05, 4.69) is 12.2 Å². The van der Waals surface area contributed by atoms with E-state index in [-0.39, 0.29) is 0 Å². The lowest BCUT2D eigenvalue weighted by atomic mass is 9.73. The van der Waals surface area contributed by atoms with Gasteiger partial charge in [0.15, 0.2) is 0 Å². The highest BCUT2D eigenvalue weighted by Gasteiger charge is 2.58. The Morgan fingerprint density at radius 1 is 1.09 bits per heavy atom. The third-order valence-corrected chi connectivity index (χ3v) is 4.18. The summed E-state index contributed by atoms with van der Waals surface area (Å²) in [7, 11) is 0. The van der Waals surface area contributed by atoms with Gasteiger partial charge in [-0.15, -0.1) is 0 Å². The maximum Gasteiger partial charge on any atom is -0.00584 e. The zero-order valence-electron chi connectivity index (χ0n) is 7.05. The summed E-state index contributed by atoms with van der Waals surface area (Å²) in [6.45, 7) is 0. The van der Waals surface area contributed by atoms with Crippen molar-refractivity contribution in [3.05, 3.63) is 12.2 Å². The molecule has 3 rings (SSSR count). The Bertz CT molecular complexity index is 204. The van der Waals surface area contributed by atoms with Gasteiger partial charge in [-0.1, -0.05) is 18.6 Å². The molecule has 3 atom stereocenters. The summed E-state index contributed by atoms with van der Waals surface area (Å²) >= 11 is 0. The molecule has 1 spiro atoms. The summed E-state index contributed by atoms with van der Waals surface area (Å²) in [6, 6.07) is 0. The average Bonchev–Trinajstić information content (AvgIpc) is 2.75. The second-order valence-corrected chi connectivity index (χ2v) is 4.62. The summed E-state index contributed by atoms with van der Waals surface area (Å²) in [5.74, 6) is 2.20. The quantitative estimate of drug-likeness (QED) is 0.463. The van der Waals surface area contributed by atoms with Crippen LogP contribution in [0.4, 0.5) is 0 Å². The first-order valence-corrected chi connectivity index (χ1v) is 5.09. The molecule has 0 nitrogen and oxygen atoms in total. The van der Waals surface area contributed by atoms with E-state index in [4.69, 9.17) is 0 Å². The van der Waals surface area contributed by atoms with E-state index in [1.165, 1.54) is 38.5 Å². The minimum atomic E-state index is 0.760. The fourth-order valence-electron chi connectivity index (χ4n) is 3.47. The first-order chi connectivity index (χ1) is 5.42. The molecule has 0 amide bonds. The molecule has 3 aliphatic carbocycles. The van der Waals surface area contributed by atoms with Gasteiger partial charge in [-0.3, -0.25) is 0 Å². The van der Waals surface area contributed by atoms with Crippen LogP contribution in [0.5, 0.6) is 0 Å². The van der Waals surface area contributed by atoms with E-state index in [1.54, 1.807) is 0 Å². The van der Waals surface area contributed by atoms with Crippen LogP contribution in [-0.2, 0) is 0 Å². The number of hydrogen-bond acceptors (Lipinski definition) is 0. The van der Waals surface area contributed by atoms with E-state index < -0.39 is 0 Å². The normalized spacial score (nSPS) is 53.1. The van der Waals surface area contributed by atoms with Crippen LogP contribution in [0, 0.1) is 17.3 Å². The Kier molecular flexibility index (Phi) is 1.09. The highest BCUT2D eigenvalue weighted by Crippen LogP contribution is 2.67. The van der Waals surface area contributed by atoms with Crippen molar-refractivity contribution in [1.82, 2.24) is 0 Å². The molecule has 0 bridgehead atoms. The Morgan fingerprint density at radius 3 is 2.91 bits per heavy atom. The van der Waals surface area contributed by atoms with Gasteiger partial charge >= 0.3 is 0 Å². The zero-order valence-corrected chi connectivity index (χ0v) is 7.05. The predicted octanol–water partition coefficient (Wildman–Crippen LogP) is 3.14. The minimum Gasteiger partial charge on any atom is -0.0879 e. The molecule has 0 aromatic heterocycles. The summed E-state index contributed by atoms with van der Waals surface area (Å²) in [5, 5.41) is 0. The van der Waals surface area contributed by atoms with Crippen molar-refractivity contribution >= 4 is 0 Å². The van der Waals surface area contributed by atoms with Crippen molar-refractivity contribution in [2.45, 2.75) is 38.5 Å². The van der Waals surface area contributed by atoms with Gasteiger partial charge in [-0.05, 0) is 49.4 Å². The molecular weight excluding hydrogens is 132 g/mol. The Hall–Kier alpha value is -0.260. The van der Waals surface area contributed by atoms with Gasteiger partial charge in [-0.2, -0.15) is 0 Å². The van der Waals surface area contributed by atoms with Gasteiger partial charge in [0, 0.05) is 0 Å². The summed E-state index contributed by atoms with van der Waals surface area (Å²) < 4.78 is 0. The molecule has 3 unspecified atom stereocenters. The van der Waals surface area contributed by atoms with Crippen molar-refractivity contribution in [3.8, 4) is 0 Å². The maximum absolute atomic E-state index is 2.56. The van der Waals surface area contributed by atoms with Crippen molar-refractivity contribution in [3.63, 3.8) is 0 Å². The molecule has 0 radical (unpaired) electrons. The number of rotatable bonds is 0. The highest BCUT2D eigenvalue weighted by molar-refractivity contribution is 5.21. The van der Waals surface area contributed by atoms with Gasteiger partial charge < -0.3 is 0 Å². The van der Waals surface area contributed by atoms with Crippen LogP contribution in [0.25, 0.3) is 0 Å². The van der Waals surface area contributed by atoms with Crippen molar-refractivity contribution < 1.29 is 0 Å². The molecule has 0 heteroatoms. The number of allylic oxidation sites excluding steroid dienone is 2. The van der Waals surface area contributed by atoms with Gasteiger partial charge in [0.2, 0.25) is 0 Å². The van der Waals surface area contributed by atoms with E-state index in [0.717, 1.165) is 17.3 Å². The largest absolute Gasteiger partial charge is 0.0879 e. The fraction of sp³-hybridized carbons (Fsp3) is 0.818. The topological polar surface area (TPSA) is 0 Å². The molecule has 0 aromatic rings. The van der Waals surface area contributed by atoms with Crippen LogP contribution in [0.1, 0.15) is 38.5 Å². The lowest BCUT2D eigenvalue weighted by Gasteiger charge is -2.32. The van der Waals surface area contributed by atoms with Gasteiger partial charge in [-0.25, -0.2) is 0 Å². The standard InChI is InChI=1S/C11H16/c1-2-7-11-8-10(11)6-3-5-9(11)4-1/h2,7,9-10H,1,3-6,8H2. The van der Waals surface area contributed by atoms with Crippen LogP contribution < -0.4 is 0 Å². The van der Waals surface area contributed by atoms with Crippen molar-refractivity contribution in [2.24, 2.45) is 17.3 Å². The molecular formula is C11H16. The van der Waals surface area contributed by atoms with Crippen LogP contribution in [0.3, 0.4) is 0 Å². The Labute approximate surface area is 68.7 Å². The lowest BCUT2D eigenvalue weighted by molar-refractivity contribution is 0.241. The van der Waals surface area contributed by atoms with E-state index >= 15 is 0 Å². The summed E-state index contributed by atoms with van der Waals surface area (Å²) in [6.07, 6.45) is 14.0. The lowest BCUT2D eigenvalue weighted by Crippen LogP contribution is -2.22. The average molecular weight is 148 g/mol. The van der Waals surface area contributed by atoms with E-state index in [0.29, 0.717) is 0 Å². The minimum absolute atomic E-state index is 0.760. The molecule has 11 heavy (non-hydrogen) atoms. The monoisotopic (exact) mass is 148 g/mol. The first kappa shape index (κ1) is 6.28. The second-order valence-electron chi connectivity index (χ2n) is 4.62. The molecule has 2 fully saturated rings. The second kappa shape index (κ2) is 1.91. The predicted molar refractivity (Wildman–Crippen MR) is 46.3 cm³/mol. The third-order valence-electron chi connectivity index (χ3n) is 4.18. The van der Waals surface area contributed by atoms with Crippen molar-refractivity contribution in [2.75, 3.05) is 0 Å². The fourth-order valence-corrected chi connectivity index (χ4v) is 3.47. The zero-order chi connectivity index (χ0) is 7.31. The molecule has 0 saturated heterocycles. The highest BCUT2D eigenvalue weighted by atomic mass is 14.6. The van der Waals surface area contributed by atoms with Gasteiger partial charge in [0.25, 0.3) is 0 Å². The van der Waals surface area contributed by atoms with Crippen LogP contribution in [0.15, 0.2) is 12.2 Å². The van der Waals surface area contributed by atoms with Gasteiger partial charge in [0.05, 0.1) is 0 Å². The van der Waals surface area contributed by atoms with Crippen molar-refractivity contribution in [1.29, 1.82) is 0 Å². The van der Waals surface area contributed by atoms with Crippen LogP contribution in [0.2, 0.25) is 0 Å². The molecule has 2 saturated carbocycles. The van der Waals surface area contributed by atoms with Gasteiger partial charge in [0.1, 0.15) is 0 Å². The Morgan fingerprint density at radius 2 is 2.00 bits per heavy atom. The maximum atomic E-state index is 2.56. The first-order valence-electron chi connectivity index (χ1n) is 5.09. The summed E-state index contributed by atoms with van der Waals surface area (Å²) in [4.78, 5) is 0. The molecule has 60 valence electrons. The van der Waals surface area contributed by atoms with E-state index in [1.807, 2.05) is 0 Å². The third kappa shape index (κ3) is 0.706. The van der Waals surface area contributed by atoms with Crippen LogP contribution >= 0.6 is 0 Å². The smallest absolute Gasteiger partial charge is 0.00584 e. The number of hydrogen-bond donors (Lipinski definition) is 0. The molecule has 0 aromatic carbocycles. The molecule has 0 heterocycles. The SMILES string of the molecule is C1=CC23CC2CCCC3CC1. The molecule has 0 N–H and O–H groups in total. The molecule has 3 aliphatic rings. The summed E-state index contributed by atoms with van der Waals surface area (Å²) in [5.41, 5.74) is 0.760.